The van der Waals surface area contributed by atoms with Crippen LogP contribution in [0.3, 0.4) is 0 Å². The third-order valence-electron chi connectivity index (χ3n) is 4.57. The molecule has 9 heteroatoms. The van der Waals surface area contributed by atoms with E-state index in [4.69, 9.17) is 0 Å². The van der Waals surface area contributed by atoms with E-state index in [1.165, 1.54) is 11.6 Å². The van der Waals surface area contributed by atoms with Crippen LogP contribution in [0.2, 0.25) is 0 Å². The minimum atomic E-state index is -0.946. The van der Waals surface area contributed by atoms with E-state index < -0.39 is 23.1 Å². The summed E-state index contributed by atoms with van der Waals surface area (Å²) in [7, 11) is 2.96. The first-order valence-electron chi connectivity index (χ1n) is 8.33. The number of aryl methyl sites for hydroxylation is 1. The van der Waals surface area contributed by atoms with Gasteiger partial charge in [-0.25, -0.2) is 9.78 Å². The number of hydrogen-bond acceptors (Lipinski definition) is 4. The molecule has 0 aliphatic carbocycles. The maximum absolute atomic E-state index is 12.8. The van der Waals surface area contributed by atoms with Crippen molar-refractivity contribution in [3.63, 3.8) is 0 Å². The van der Waals surface area contributed by atoms with Crippen LogP contribution < -0.4 is 11.2 Å². The van der Waals surface area contributed by atoms with Crippen molar-refractivity contribution in [2.24, 2.45) is 20.0 Å². The van der Waals surface area contributed by atoms with Crippen molar-refractivity contribution in [1.29, 1.82) is 0 Å². The summed E-state index contributed by atoms with van der Waals surface area (Å²) in [5.74, 6) is -1.17. The van der Waals surface area contributed by atoms with Crippen LogP contribution in [-0.4, -0.2) is 29.8 Å². The first-order chi connectivity index (χ1) is 12.7. The molecule has 3 aromatic rings. The van der Waals surface area contributed by atoms with Crippen molar-refractivity contribution in [1.82, 2.24) is 18.7 Å². The van der Waals surface area contributed by atoms with Crippen LogP contribution in [0.1, 0.15) is 18.3 Å². The number of carboxylic acids is 1. The molecule has 2 heterocycles. The fourth-order valence-electron chi connectivity index (χ4n) is 3.00. The summed E-state index contributed by atoms with van der Waals surface area (Å²) in [4.78, 5) is 40.8. The summed E-state index contributed by atoms with van der Waals surface area (Å²) >= 11 is 3.43. The third-order valence-corrected chi connectivity index (χ3v) is 5.06. The van der Waals surface area contributed by atoms with Crippen LogP contribution >= 0.6 is 15.9 Å². The number of nitrogens with zero attached hydrogens (tertiary/aromatic N) is 4. The van der Waals surface area contributed by atoms with Gasteiger partial charge in [0.2, 0.25) is 0 Å². The SMILES string of the molecule is CC(Cc1nc2c(c(=O)n(C)c(=O)n2C)n1Cc1cccc(Br)c1)C(=O)O. The van der Waals surface area contributed by atoms with Crippen LogP contribution in [0.5, 0.6) is 0 Å². The summed E-state index contributed by atoms with van der Waals surface area (Å²) in [5, 5.41) is 9.27. The van der Waals surface area contributed by atoms with Crippen LogP contribution in [0, 0.1) is 5.92 Å². The molecule has 8 nitrogen and oxygen atoms in total. The maximum atomic E-state index is 12.8. The predicted octanol–water partition coefficient (Wildman–Crippen LogP) is 1.51. The summed E-state index contributed by atoms with van der Waals surface area (Å²) in [6.45, 7) is 1.92. The molecule has 0 radical (unpaired) electrons. The number of benzene rings is 1. The topological polar surface area (TPSA) is 99.1 Å². The number of imidazole rings is 1. The van der Waals surface area contributed by atoms with Gasteiger partial charge in [-0.05, 0) is 17.7 Å². The van der Waals surface area contributed by atoms with E-state index in [9.17, 15) is 19.5 Å². The molecular weight excluding hydrogens is 416 g/mol. The van der Waals surface area contributed by atoms with Crippen molar-refractivity contribution < 1.29 is 9.90 Å². The number of halogens is 1. The van der Waals surface area contributed by atoms with Gasteiger partial charge in [0, 0.05) is 31.5 Å². The lowest BCUT2D eigenvalue weighted by Gasteiger charge is -2.11. The van der Waals surface area contributed by atoms with Crippen LogP contribution in [0.15, 0.2) is 38.3 Å². The van der Waals surface area contributed by atoms with Gasteiger partial charge >= 0.3 is 11.7 Å². The maximum Gasteiger partial charge on any atom is 0.332 e. The van der Waals surface area contributed by atoms with Gasteiger partial charge in [0.15, 0.2) is 11.2 Å². The Morgan fingerprint density at radius 2 is 1.96 bits per heavy atom. The number of carboxylic acid groups (broad SMARTS) is 1. The van der Waals surface area contributed by atoms with E-state index in [2.05, 4.69) is 20.9 Å². The summed E-state index contributed by atoms with van der Waals surface area (Å²) in [6.07, 6.45) is 0.148. The number of rotatable bonds is 5. The molecule has 1 atom stereocenters. The van der Waals surface area contributed by atoms with Gasteiger partial charge in [0.1, 0.15) is 5.82 Å². The van der Waals surface area contributed by atoms with E-state index in [1.807, 2.05) is 24.3 Å². The quantitative estimate of drug-likeness (QED) is 0.655. The fourth-order valence-corrected chi connectivity index (χ4v) is 3.44. The smallest absolute Gasteiger partial charge is 0.332 e. The van der Waals surface area contributed by atoms with Gasteiger partial charge in [-0.1, -0.05) is 35.0 Å². The monoisotopic (exact) mass is 434 g/mol. The minimum Gasteiger partial charge on any atom is -0.481 e. The molecule has 0 fully saturated rings. The average molecular weight is 435 g/mol. The summed E-state index contributed by atoms with van der Waals surface area (Å²) in [6, 6.07) is 7.60. The van der Waals surface area contributed by atoms with E-state index in [0.717, 1.165) is 14.6 Å². The zero-order chi connectivity index (χ0) is 19.9. The highest BCUT2D eigenvalue weighted by Crippen LogP contribution is 2.19. The Hall–Kier alpha value is -2.68. The zero-order valence-electron chi connectivity index (χ0n) is 15.1. The van der Waals surface area contributed by atoms with Crippen molar-refractivity contribution in [3.8, 4) is 0 Å². The van der Waals surface area contributed by atoms with E-state index in [0.29, 0.717) is 12.4 Å². The van der Waals surface area contributed by atoms with Gasteiger partial charge in [0.05, 0.1) is 5.92 Å². The Morgan fingerprint density at radius 3 is 2.59 bits per heavy atom. The highest BCUT2D eigenvalue weighted by molar-refractivity contribution is 9.10. The molecule has 0 aliphatic heterocycles. The number of aromatic nitrogens is 4. The van der Waals surface area contributed by atoms with Crippen molar-refractivity contribution in [3.05, 3.63) is 61.0 Å². The summed E-state index contributed by atoms with van der Waals surface area (Å²) < 4.78 is 4.94. The van der Waals surface area contributed by atoms with Crippen LogP contribution in [-0.2, 0) is 31.9 Å². The number of carbonyl (C=O) groups is 1. The molecule has 0 spiro atoms. The number of fused-ring (bicyclic) bond motifs is 1. The fraction of sp³-hybridized carbons (Fsp3) is 0.333. The second-order valence-electron chi connectivity index (χ2n) is 6.57. The lowest BCUT2D eigenvalue weighted by molar-refractivity contribution is -0.141. The van der Waals surface area contributed by atoms with Crippen LogP contribution in [0.25, 0.3) is 11.2 Å². The largest absolute Gasteiger partial charge is 0.481 e. The first-order valence-corrected chi connectivity index (χ1v) is 9.12. The predicted molar refractivity (Wildman–Crippen MR) is 104 cm³/mol. The summed E-state index contributed by atoms with van der Waals surface area (Å²) in [5.41, 5.74) is 0.531. The normalized spacial score (nSPS) is 12.4. The lowest BCUT2D eigenvalue weighted by atomic mass is 10.1. The van der Waals surface area contributed by atoms with Gasteiger partial charge in [-0.15, -0.1) is 0 Å². The first kappa shape index (κ1) is 19.1. The molecule has 3 rings (SSSR count). The third kappa shape index (κ3) is 3.46. The minimum absolute atomic E-state index is 0.148. The van der Waals surface area contributed by atoms with E-state index >= 15 is 0 Å². The molecule has 0 aliphatic rings. The molecule has 2 aromatic heterocycles. The average Bonchev–Trinajstić information content (AvgIpc) is 2.96. The molecule has 1 N–H and O–H groups in total. The van der Waals surface area contributed by atoms with E-state index in [1.54, 1.807) is 18.5 Å². The molecule has 27 heavy (non-hydrogen) atoms. The zero-order valence-corrected chi connectivity index (χ0v) is 16.7. The van der Waals surface area contributed by atoms with E-state index in [-0.39, 0.29) is 17.6 Å². The van der Waals surface area contributed by atoms with Crippen molar-refractivity contribution >= 4 is 33.1 Å². The number of hydrogen-bond donors (Lipinski definition) is 1. The van der Waals surface area contributed by atoms with Gasteiger partial charge in [-0.2, -0.15) is 0 Å². The van der Waals surface area contributed by atoms with Crippen LogP contribution in [0.4, 0.5) is 0 Å². The Balaban J connectivity index is 2.28. The number of aliphatic carboxylic acids is 1. The molecule has 0 saturated heterocycles. The van der Waals surface area contributed by atoms with Gasteiger partial charge < -0.3 is 9.67 Å². The van der Waals surface area contributed by atoms with Crippen molar-refractivity contribution in [2.75, 3.05) is 0 Å². The Morgan fingerprint density at radius 1 is 1.26 bits per heavy atom. The Bertz CT molecular complexity index is 1160. The van der Waals surface area contributed by atoms with Gasteiger partial charge in [0.25, 0.3) is 5.56 Å². The van der Waals surface area contributed by atoms with Crippen molar-refractivity contribution in [2.45, 2.75) is 19.9 Å². The molecule has 0 bridgehead atoms. The molecular formula is C18H19BrN4O4. The van der Waals surface area contributed by atoms with Gasteiger partial charge in [-0.3, -0.25) is 18.7 Å². The highest BCUT2D eigenvalue weighted by Gasteiger charge is 2.22. The molecule has 0 saturated carbocycles. The molecule has 142 valence electrons. The highest BCUT2D eigenvalue weighted by atomic mass is 79.9. The molecule has 1 unspecified atom stereocenters. The Kier molecular flexibility index (Phi) is 5.05. The Labute approximate surface area is 162 Å². The standard InChI is InChI=1S/C18H19BrN4O4/c1-10(17(25)26)7-13-20-15-14(16(24)22(3)18(27)21(15)2)23(13)9-11-5-4-6-12(19)8-11/h4-6,8,10H,7,9H2,1-3H3,(H,25,26). The second kappa shape index (κ2) is 7.15. The second-order valence-corrected chi connectivity index (χ2v) is 7.48. The molecule has 0 amide bonds. The molecule has 1 aromatic carbocycles. The lowest BCUT2D eigenvalue weighted by Crippen LogP contribution is -2.37.